The van der Waals surface area contributed by atoms with E-state index in [2.05, 4.69) is 14.9 Å². The van der Waals surface area contributed by atoms with E-state index < -0.39 is 0 Å². The zero-order valence-electron chi connectivity index (χ0n) is 11.5. The number of aromatic nitrogens is 2. The van der Waals surface area contributed by atoms with Crippen molar-refractivity contribution >= 4 is 29.0 Å². The molecule has 0 atom stereocenters. The lowest BCUT2D eigenvalue weighted by Gasteiger charge is -2.31. The van der Waals surface area contributed by atoms with E-state index in [-0.39, 0.29) is 6.04 Å². The zero-order valence-corrected chi connectivity index (χ0v) is 13.0. The van der Waals surface area contributed by atoms with Crippen molar-refractivity contribution in [3.05, 3.63) is 40.5 Å². The largest absolute Gasteiger partial charge is 0.356 e. The third-order valence-electron chi connectivity index (χ3n) is 3.65. The van der Waals surface area contributed by atoms with Crippen LogP contribution in [0.2, 0.25) is 10.2 Å². The topological polar surface area (TPSA) is 55.0 Å². The molecule has 1 aromatic carbocycles. The number of piperidine rings is 1. The molecule has 2 heterocycles. The third kappa shape index (κ3) is 3.46. The fraction of sp³-hybridized carbons (Fsp3) is 0.333. The summed E-state index contributed by atoms with van der Waals surface area (Å²) in [6.07, 6.45) is 1.94. The number of anilines is 1. The lowest BCUT2D eigenvalue weighted by Crippen LogP contribution is -2.40. The molecule has 0 spiro atoms. The SMILES string of the molecule is NC1CCN(c2cc(Cl)nc(-c3ccc(Cl)cc3)n2)CC1. The first-order valence-corrected chi connectivity index (χ1v) is 7.68. The highest BCUT2D eigenvalue weighted by Gasteiger charge is 2.18. The van der Waals surface area contributed by atoms with Gasteiger partial charge in [0.25, 0.3) is 0 Å². The van der Waals surface area contributed by atoms with Gasteiger partial charge in [-0.1, -0.05) is 23.2 Å². The number of nitrogens with zero attached hydrogens (tertiary/aromatic N) is 3. The first-order chi connectivity index (χ1) is 10.1. The van der Waals surface area contributed by atoms with Crippen LogP contribution in [0.3, 0.4) is 0 Å². The molecular formula is C15H16Cl2N4. The predicted molar refractivity (Wildman–Crippen MR) is 86.9 cm³/mol. The monoisotopic (exact) mass is 322 g/mol. The predicted octanol–water partition coefficient (Wildman–Crippen LogP) is 3.38. The first-order valence-electron chi connectivity index (χ1n) is 6.93. The molecule has 0 bridgehead atoms. The Bertz CT molecular complexity index is 622. The summed E-state index contributed by atoms with van der Waals surface area (Å²) in [5.74, 6) is 1.47. The maximum absolute atomic E-state index is 6.15. The van der Waals surface area contributed by atoms with Gasteiger partial charge >= 0.3 is 0 Å². The normalized spacial score (nSPS) is 16.2. The molecule has 21 heavy (non-hydrogen) atoms. The fourth-order valence-electron chi connectivity index (χ4n) is 2.42. The lowest BCUT2D eigenvalue weighted by atomic mass is 10.1. The van der Waals surface area contributed by atoms with Crippen LogP contribution in [0.15, 0.2) is 30.3 Å². The highest BCUT2D eigenvalue weighted by molar-refractivity contribution is 6.30. The van der Waals surface area contributed by atoms with Crippen LogP contribution < -0.4 is 10.6 Å². The van der Waals surface area contributed by atoms with E-state index in [0.717, 1.165) is 37.3 Å². The Balaban J connectivity index is 1.91. The minimum atomic E-state index is 0.286. The average Bonchev–Trinajstić information content (AvgIpc) is 2.48. The van der Waals surface area contributed by atoms with E-state index in [1.165, 1.54) is 0 Å². The van der Waals surface area contributed by atoms with Crippen molar-refractivity contribution in [1.29, 1.82) is 0 Å². The van der Waals surface area contributed by atoms with Gasteiger partial charge in [-0.2, -0.15) is 0 Å². The van der Waals surface area contributed by atoms with Crippen molar-refractivity contribution in [2.24, 2.45) is 5.73 Å². The van der Waals surface area contributed by atoms with Gasteiger partial charge in [-0.15, -0.1) is 0 Å². The van der Waals surface area contributed by atoms with E-state index in [0.29, 0.717) is 16.0 Å². The van der Waals surface area contributed by atoms with Gasteiger partial charge in [0.2, 0.25) is 0 Å². The molecule has 1 aromatic heterocycles. The number of hydrogen-bond acceptors (Lipinski definition) is 4. The minimum Gasteiger partial charge on any atom is -0.356 e. The van der Waals surface area contributed by atoms with Crippen molar-refractivity contribution in [3.8, 4) is 11.4 Å². The van der Waals surface area contributed by atoms with Crippen LogP contribution in [0.25, 0.3) is 11.4 Å². The van der Waals surface area contributed by atoms with Crippen molar-refractivity contribution in [2.45, 2.75) is 18.9 Å². The summed E-state index contributed by atoms with van der Waals surface area (Å²) in [6, 6.07) is 9.52. The van der Waals surface area contributed by atoms with Gasteiger partial charge in [-0.3, -0.25) is 0 Å². The van der Waals surface area contributed by atoms with Gasteiger partial charge in [-0.05, 0) is 37.1 Å². The lowest BCUT2D eigenvalue weighted by molar-refractivity contribution is 0.498. The number of hydrogen-bond donors (Lipinski definition) is 1. The fourth-order valence-corrected chi connectivity index (χ4v) is 2.73. The summed E-state index contributed by atoms with van der Waals surface area (Å²) in [4.78, 5) is 11.1. The molecule has 1 saturated heterocycles. The van der Waals surface area contributed by atoms with Crippen LogP contribution in [0, 0.1) is 0 Å². The highest BCUT2D eigenvalue weighted by Crippen LogP contribution is 2.25. The van der Waals surface area contributed by atoms with Gasteiger partial charge in [0.05, 0.1) is 0 Å². The summed E-state index contributed by atoms with van der Waals surface area (Å²) < 4.78 is 0. The molecule has 0 aliphatic carbocycles. The second-order valence-corrected chi connectivity index (χ2v) is 6.03. The van der Waals surface area contributed by atoms with E-state index in [1.807, 2.05) is 24.3 Å². The molecule has 0 radical (unpaired) electrons. The van der Waals surface area contributed by atoms with Crippen LogP contribution in [0.5, 0.6) is 0 Å². The summed E-state index contributed by atoms with van der Waals surface area (Å²) in [6.45, 7) is 1.79. The quantitative estimate of drug-likeness (QED) is 0.861. The van der Waals surface area contributed by atoms with Crippen LogP contribution >= 0.6 is 23.2 Å². The Hall–Kier alpha value is -1.36. The Labute approximate surface area is 133 Å². The maximum atomic E-state index is 6.15. The molecule has 6 heteroatoms. The Kier molecular flexibility index (Phi) is 4.29. The average molecular weight is 323 g/mol. The Morgan fingerprint density at radius 2 is 1.71 bits per heavy atom. The van der Waals surface area contributed by atoms with Crippen molar-refractivity contribution < 1.29 is 0 Å². The maximum Gasteiger partial charge on any atom is 0.163 e. The second kappa shape index (κ2) is 6.18. The molecule has 2 aromatic rings. The number of rotatable bonds is 2. The smallest absolute Gasteiger partial charge is 0.163 e. The van der Waals surface area contributed by atoms with Gasteiger partial charge in [0.15, 0.2) is 5.82 Å². The van der Waals surface area contributed by atoms with E-state index in [1.54, 1.807) is 6.07 Å². The van der Waals surface area contributed by atoms with Crippen LogP contribution in [0.1, 0.15) is 12.8 Å². The van der Waals surface area contributed by atoms with Gasteiger partial charge in [0.1, 0.15) is 11.0 Å². The molecule has 0 saturated carbocycles. The van der Waals surface area contributed by atoms with Crippen LogP contribution in [-0.4, -0.2) is 29.1 Å². The molecular weight excluding hydrogens is 307 g/mol. The number of halogens is 2. The molecule has 0 amide bonds. The molecule has 3 rings (SSSR count). The molecule has 2 N–H and O–H groups in total. The molecule has 1 aliphatic rings. The van der Waals surface area contributed by atoms with Crippen molar-refractivity contribution in [3.63, 3.8) is 0 Å². The Morgan fingerprint density at radius 1 is 1.05 bits per heavy atom. The van der Waals surface area contributed by atoms with Crippen molar-refractivity contribution in [2.75, 3.05) is 18.0 Å². The number of benzene rings is 1. The van der Waals surface area contributed by atoms with Crippen LogP contribution in [0.4, 0.5) is 5.82 Å². The highest BCUT2D eigenvalue weighted by atomic mass is 35.5. The molecule has 110 valence electrons. The Morgan fingerprint density at radius 3 is 2.38 bits per heavy atom. The van der Waals surface area contributed by atoms with E-state index in [9.17, 15) is 0 Å². The zero-order chi connectivity index (χ0) is 14.8. The summed E-state index contributed by atoms with van der Waals surface area (Å²) in [5.41, 5.74) is 6.84. The molecule has 1 aliphatic heterocycles. The summed E-state index contributed by atoms with van der Waals surface area (Å²) >= 11 is 12.1. The van der Waals surface area contributed by atoms with Gasteiger partial charge in [-0.25, -0.2) is 9.97 Å². The second-order valence-electron chi connectivity index (χ2n) is 5.20. The summed E-state index contributed by atoms with van der Waals surface area (Å²) in [7, 11) is 0. The molecule has 1 fully saturated rings. The van der Waals surface area contributed by atoms with Gasteiger partial charge < -0.3 is 10.6 Å². The van der Waals surface area contributed by atoms with E-state index >= 15 is 0 Å². The minimum absolute atomic E-state index is 0.286. The van der Waals surface area contributed by atoms with Gasteiger partial charge in [0, 0.05) is 35.8 Å². The standard InChI is InChI=1S/C15H16Cl2N4/c16-11-3-1-10(2-4-11)15-19-13(17)9-14(20-15)21-7-5-12(18)6-8-21/h1-4,9,12H,5-8,18H2. The van der Waals surface area contributed by atoms with E-state index in [4.69, 9.17) is 28.9 Å². The number of nitrogens with two attached hydrogens (primary N) is 1. The van der Waals surface area contributed by atoms with Crippen LogP contribution in [-0.2, 0) is 0 Å². The summed E-state index contributed by atoms with van der Waals surface area (Å²) in [5, 5.41) is 1.13. The third-order valence-corrected chi connectivity index (χ3v) is 4.09. The first kappa shape index (κ1) is 14.6. The van der Waals surface area contributed by atoms with Crippen molar-refractivity contribution in [1.82, 2.24) is 9.97 Å². The molecule has 4 nitrogen and oxygen atoms in total. The molecule has 0 unspecified atom stereocenters.